The molecule has 2 amide bonds. The Kier molecular flexibility index (Phi) is 6.61. The molecule has 1 aromatic carbocycles. The van der Waals surface area contributed by atoms with Crippen molar-refractivity contribution in [2.75, 3.05) is 18.9 Å². The SMILES string of the molecule is CN(CCc1cccnc1)C(=O)c1csc(NC(=O)c2ccc(Cl)cc2Cl)n1. The highest BCUT2D eigenvalue weighted by Crippen LogP contribution is 2.23. The fourth-order valence-corrected chi connectivity index (χ4v) is 3.58. The molecule has 9 heteroatoms. The number of benzene rings is 1. The third kappa shape index (κ3) is 5.07. The average molecular weight is 435 g/mol. The lowest BCUT2D eigenvalue weighted by Crippen LogP contribution is -2.29. The number of thiazole rings is 1. The van der Waals surface area contributed by atoms with E-state index in [4.69, 9.17) is 23.2 Å². The topological polar surface area (TPSA) is 75.2 Å². The molecule has 3 aromatic rings. The van der Waals surface area contributed by atoms with Crippen molar-refractivity contribution in [2.24, 2.45) is 0 Å². The molecular weight excluding hydrogens is 419 g/mol. The molecule has 2 heterocycles. The standard InChI is InChI=1S/C19H16Cl2N4O2S/c1-25(8-6-12-3-2-7-22-10-12)18(27)16-11-28-19(23-16)24-17(26)14-5-4-13(20)9-15(14)21/h2-5,7,9-11H,6,8H2,1H3,(H,23,24,26). The van der Waals surface area contributed by atoms with Gasteiger partial charge in [-0.25, -0.2) is 4.98 Å². The largest absolute Gasteiger partial charge is 0.340 e. The minimum Gasteiger partial charge on any atom is -0.340 e. The van der Waals surface area contributed by atoms with Crippen LogP contribution in [0.25, 0.3) is 0 Å². The molecular formula is C19H16Cl2N4O2S. The van der Waals surface area contributed by atoms with Crippen LogP contribution in [-0.2, 0) is 6.42 Å². The summed E-state index contributed by atoms with van der Waals surface area (Å²) < 4.78 is 0. The van der Waals surface area contributed by atoms with Crippen molar-refractivity contribution in [1.82, 2.24) is 14.9 Å². The van der Waals surface area contributed by atoms with E-state index in [2.05, 4.69) is 15.3 Å². The number of hydrogen-bond donors (Lipinski definition) is 1. The van der Waals surface area contributed by atoms with Gasteiger partial charge in [-0.15, -0.1) is 11.3 Å². The fourth-order valence-electron chi connectivity index (χ4n) is 2.41. The second kappa shape index (κ2) is 9.14. The molecule has 0 aliphatic carbocycles. The molecule has 0 saturated heterocycles. The van der Waals surface area contributed by atoms with Crippen LogP contribution in [0.3, 0.4) is 0 Å². The molecule has 28 heavy (non-hydrogen) atoms. The van der Waals surface area contributed by atoms with Crippen molar-refractivity contribution in [2.45, 2.75) is 6.42 Å². The first-order valence-electron chi connectivity index (χ1n) is 8.30. The van der Waals surface area contributed by atoms with E-state index < -0.39 is 5.91 Å². The lowest BCUT2D eigenvalue weighted by Gasteiger charge is -2.15. The highest BCUT2D eigenvalue weighted by Gasteiger charge is 2.18. The first-order chi connectivity index (χ1) is 13.4. The molecule has 0 radical (unpaired) electrons. The highest BCUT2D eigenvalue weighted by atomic mass is 35.5. The highest BCUT2D eigenvalue weighted by molar-refractivity contribution is 7.14. The molecule has 0 atom stereocenters. The maximum Gasteiger partial charge on any atom is 0.273 e. The summed E-state index contributed by atoms with van der Waals surface area (Å²) in [5, 5.41) is 5.27. The summed E-state index contributed by atoms with van der Waals surface area (Å²) in [6.45, 7) is 0.532. The molecule has 144 valence electrons. The number of aromatic nitrogens is 2. The summed E-state index contributed by atoms with van der Waals surface area (Å²) in [7, 11) is 1.71. The van der Waals surface area contributed by atoms with E-state index in [1.165, 1.54) is 23.5 Å². The number of pyridine rings is 1. The van der Waals surface area contributed by atoms with Gasteiger partial charge in [0.05, 0.1) is 10.6 Å². The maximum atomic E-state index is 12.5. The van der Waals surface area contributed by atoms with Gasteiger partial charge in [0, 0.05) is 36.4 Å². The quantitative estimate of drug-likeness (QED) is 0.623. The van der Waals surface area contributed by atoms with Gasteiger partial charge in [-0.3, -0.25) is 19.9 Å². The Balaban J connectivity index is 1.61. The first-order valence-corrected chi connectivity index (χ1v) is 9.94. The van der Waals surface area contributed by atoms with Crippen LogP contribution < -0.4 is 5.32 Å². The van der Waals surface area contributed by atoms with Crippen molar-refractivity contribution >= 4 is 51.5 Å². The van der Waals surface area contributed by atoms with Crippen molar-refractivity contribution < 1.29 is 9.59 Å². The van der Waals surface area contributed by atoms with Crippen molar-refractivity contribution in [3.63, 3.8) is 0 Å². The van der Waals surface area contributed by atoms with Crippen molar-refractivity contribution in [3.8, 4) is 0 Å². The average Bonchev–Trinajstić information content (AvgIpc) is 3.14. The number of hydrogen-bond acceptors (Lipinski definition) is 5. The Morgan fingerprint density at radius 2 is 2.07 bits per heavy atom. The number of rotatable bonds is 6. The summed E-state index contributed by atoms with van der Waals surface area (Å²) >= 11 is 13.1. The van der Waals surface area contributed by atoms with Crippen LogP contribution in [0.2, 0.25) is 10.0 Å². The summed E-state index contributed by atoms with van der Waals surface area (Å²) in [6, 6.07) is 8.43. The molecule has 1 N–H and O–H groups in total. The Hall–Kier alpha value is -2.48. The van der Waals surface area contributed by atoms with Crippen LogP contribution in [0.5, 0.6) is 0 Å². The van der Waals surface area contributed by atoms with E-state index in [1.807, 2.05) is 12.1 Å². The normalized spacial score (nSPS) is 10.5. The molecule has 0 unspecified atom stereocenters. The lowest BCUT2D eigenvalue weighted by molar-refractivity contribution is 0.0791. The molecule has 2 aromatic heterocycles. The smallest absolute Gasteiger partial charge is 0.273 e. The number of likely N-dealkylation sites (N-methyl/N-ethyl adjacent to an activating group) is 1. The Morgan fingerprint density at radius 1 is 1.25 bits per heavy atom. The number of carbonyl (C=O) groups excluding carboxylic acids is 2. The first kappa shape index (κ1) is 20.3. The van der Waals surface area contributed by atoms with Gasteiger partial charge in [0.15, 0.2) is 5.13 Å². The number of anilines is 1. The second-order valence-electron chi connectivity index (χ2n) is 5.95. The van der Waals surface area contributed by atoms with Crippen LogP contribution in [0, 0.1) is 0 Å². The van der Waals surface area contributed by atoms with E-state index in [0.717, 1.165) is 5.56 Å². The molecule has 0 bridgehead atoms. The van der Waals surface area contributed by atoms with Crippen LogP contribution in [0.1, 0.15) is 26.4 Å². The van der Waals surface area contributed by atoms with Gasteiger partial charge in [0.2, 0.25) is 0 Å². The molecule has 0 aliphatic rings. The number of amides is 2. The zero-order chi connectivity index (χ0) is 20.1. The number of nitrogens with zero attached hydrogens (tertiary/aromatic N) is 3. The number of carbonyl (C=O) groups is 2. The predicted molar refractivity (Wildman–Crippen MR) is 111 cm³/mol. The molecule has 0 aliphatic heterocycles. The summed E-state index contributed by atoms with van der Waals surface area (Å²) in [5.74, 6) is -0.634. The van der Waals surface area contributed by atoms with Gasteiger partial charge in [-0.2, -0.15) is 0 Å². The van der Waals surface area contributed by atoms with Crippen LogP contribution in [-0.4, -0.2) is 40.3 Å². The summed E-state index contributed by atoms with van der Waals surface area (Å²) in [5.41, 5.74) is 1.60. The van der Waals surface area contributed by atoms with E-state index in [0.29, 0.717) is 23.1 Å². The minimum absolute atomic E-state index is 0.217. The van der Waals surface area contributed by atoms with Gasteiger partial charge in [0.1, 0.15) is 5.69 Å². The molecule has 0 saturated carbocycles. The maximum absolute atomic E-state index is 12.5. The van der Waals surface area contributed by atoms with Crippen molar-refractivity contribution in [1.29, 1.82) is 0 Å². The minimum atomic E-state index is -0.417. The molecule has 0 fully saturated rings. The third-order valence-corrected chi connectivity index (χ3v) is 5.23. The molecule has 0 spiro atoms. The zero-order valence-electron chi connectivity index (χ0n) is 14.9. The van der Waals surface area contributed by atoms with E-state index in [9.17, 15) is 9.59 Å². The lowest BCUT2D eigenvalue weighted by atomic mass is 10.2. The van der Waals surface area contributed by atoms with Gasteiger partial charge < -0.3 is 4.90 Å². The summed E-state index contributed by atoms with van der Waals surface area (Å²) in [4.78, 5) is 34.7. The van der Waals surface area contributed by atoms with Crippen LogP contribution >= 0.6 is 34.5 Å². The van der Waals surface area contributed by atoms with Crippen molar-refractivity contribution in [3.05, 3.63) is 75.0 Å². The van der Waals surface area contributed by atoms with Gasteiger partial charge >= 0.3 is 0 Å². The fraction of sp³-hybridized carbons (Fsp3) is 0.158. The summed E-state index contributed by atoms with van der Waals surface area (Å²) in [6.07, 6.45) is 4.18. The number of halogens is 2. The van der Waals surface area contributed by atoms with E-state index in [1.54, 1.807) is 35.8 Å². The van der Waals surface area contributed by atoms with Crippen LogP contribution in [0.4, 0.5) is 5.13 Å². The van der Waals surface area contributed by atoms with E-state index >= 15 is 0 Å². The number of nitrogens with one attached hydrogen (secondary N) is 1. The Labute approximate surface area is 176 Å². The van der Waals surface area contributed by atoms with Gasteiger partial charge in [-0.1, -0.05) is 29.3 Å². The van der Waals surface area contributed by atoms with E-state index in [-0.39, 0.29) is 22.2 Å². The van der Waals surface area contributed by atoms with Gasteiger partial charge in [0.25, 0.3) is 11.8 Å². The second-order valence-corrected chi connectivity index (χ2v) is 7.66. The van der Waals surface area contributed by atoms with Crippen LogP contribution in [0.15, 0.2) is 48.1 Å². The molecule has 6 nitrogen and oxygen atoms in total. The molecule has 3 rings (SSSR count). The monoisotopic (exact) mass is 434 g/mol. The Morgan fingerprint density at radius 3 is 2.79 bits per heavy atom. The predicted octanol–water partition coefficient (Wildman–Crippen LogP) is 4.41. The Bertz CT molecular complexity index is 995. The van der Waals surface area contributed by atoms with Gasteiger partial charge in [-0.05, 0) is 36.2 Å². The third-order valence-electron chi connectivity index (χ3n) is 3.92. The zero-order valence-corrected chi connectivity index (χ0v) is 17.2.